The summed E-state index contributed by atoms with van der Waals surface area (Å²) in [6, 6.07) is 5.00. The number of hydrogen-bond donors (Lipinski definition) is 1. The van der Waals surface area contributed by atoms with Crippen molar-refractivity contribution in [1.29, 1.82) is 5.26 Å². The molecule has 2 N–H and O–H groups in total. The van der Waals surface area contributed by atoms with Crippen molar-refractivity contribution in [3.63, 3.8) is 0 Å². The van der Waals surface area contributed by atoms with Crippen molar-refractivity contribution in [3.8, 4) is 6.07 Å². The van der Waals surface area contributed by atoms with Gasteiger partial charge in [-0.25, -0.2) is 4.98 Å². The molecule has 0 bridgehead atoms. The number of pyridine rings is 1. The number of nitrogens with zero attached hydrogens (tertiary/aromatic N) is 3. The zero-order chi connectivity index (χ0) is 14.0. The van der Waals surface area contributed by atoms with Crippen LogP contribution in [0, 0.1) is 16.7 Å². The van der Waals surface area contributed by atoms with Crippen molar-refractivity contribution in [3.05, 3.63) is 29.6 Å². The number of primary amides is 1. The van der Waals surface area contributed by atoms with E-state index in [1.54, 1.807) is 17.9 Å². The Morgan fingerprint density at radius 1 is 1.53 bits per heavy atom. The second-order valence-corrected chi connectivity index (χ2v) is 4.95. The number of carbonyl (C=O) groups excluding carboxylic acids is 2. The molecule has 1 atom stereocenters. The average Bonchev–Trinajstić information content (AvgIpc) is 2.82. The number of carbonyl (C=O) groups is 2. The Balaban J connectivity index is 2.13. The van der Waals surface area contributed by atoms with Gasteiger partial charge in [0, 0.05) is 19.3 Å². The molecule has 2 rings (SSSR count). The van der Waals surface area contributed by atoms with Crippen LogP contribution in [0.4, 0.5) is 0 Å². The maximum absolute atomic E-state index is 12.2. The molecule has 6 nitrogen and oxygen atoms in total. The standard InChI is InChI=1S/C13H14N4O2/c1-13(12(15)19)4-5-17(8-13)11(18)10-3-2-9(6-14)7-16-10/h2-3,7H,4-5,8H2,1H3,(H2,15,19). The molecule has 1 fully saturated rings. The van der Waals surface area contributed by atoms with E-state index in [2.05, 4.69) is 4.98 Å². The SMILES string of the molecule is CC1(C(N)=O)CCN(C(=O)c2ccc(C#N)cn2)C1. The van der Waals surface area contributed by atoms with Gasteiger partial charge in [-0.05, 0) is 25.5 Å². The number of nitrogens with two attached hydrogens (primary N) is 1. The van der Waals surface area contributed by atoms with Gasteiger partial charge in [0.2, 0.25) is 5.91 Å². The lowest BCUT2D eigenvalue weighted by Gasteiger charge is -2.20. The molecule has 1 aromatic rings. The van der Waals surface area contributed by atoms with Crippen molar-refractivity contribution in [2.75, 3.05) is 13.1 Å². The molecule has 1 saturated heterocycles. The first-order chi connectivity index (χ1) is 8.96. The van der Waals surface area contributed by atoms with E-state index in [9.17, 15) is 9.59 Å². The van der Waals surface area contributed by atoms with E-state index < -0.39 is 11.3 Å². The number of amides is 2. The van der Waals surface area contributed by atoms with Crippen molar-refractivity contribution in [2.45, 2.75) is 13.3 Å². The normalized spacial score (nSPS) is 22.0. The third-order valence-corrected chi connectivity index (χ3v) is 3.47. The van der Waals surface area contributed by atoms with E-state index in [1.807, 2.05) is 6.07 Å². The highest BCUT2D eigenvalue weighted by atomic mass is 16.2. The molecule has 1 aliphatic rings. The van der Waals surface area contributed by atoms with Gasteiger partial charge < -0.3 is 10.6 Å². The number of rotatable bonds is 2. The van der Waals surface area contributed by atoms with E-state index in [1.165, 1.54) is 12.3 Å². The van der Waals surface area contributed by atoms with Crippen LogP contribution in [0.3, 0.4) is 0 Å². The highest BCUT2D eigenvalue weighted by molar-refractivity contribution is 5.93. The van der Waals surface area contributed by atoms with Crippen LogP contribution in [0.25, 0.3) is 0 Å². The quantitative estimate of drug-likeness (QED) is 0.823. The van der Waals surface area contributed by atoms with Crippen molar-refractivity contribution >= 4 is 11.8 Å². The van der Waals surface area contributed by atoms with E-state index in [4.69, 9.17) is 11.0 Å². The summed E-state index contributed by atoms with van der Waals surface area (Å²) in [7, 11) is 0. The third kappa shape index (κ3) is 2.40. The zero-order valence-corrected chi connectivity index (χ0v) is 10.6. The second-order valence-electron chi connectivity index (χ2n) is 4.95. The Labute approximate surface area is 110 Å². The molecule has 0 saturated carbocycles. The van der Waals surface area contributed by atoms with Gasteiger partial charge in [0.25, 0.3) is 5.91 Å². The Morgan fingerprint density at radius 2 is 2.26 bits per heavy atom. The molecule has 6 heteroatoms. The summed E-state index contributed by atoms with van der Waals surface area (Å²) in [5.74, 6) is -0.634. The molecule has 0 radical (unpaired) electrons. The van der Waals surface area contributed by atoms with E-state index in [-0.39, 0.29) is 11.6 Å². The Morgan fingerprint density at radius 3 is 2.74 bits per heavy atom. The first-order valence-electron chi connectivity index (χ1n) is 5.91. The van der Waals surface area contributed by atoms with Gasteiger partial charge in [-0.15, -0.1) is 0 Å². The smallest absolute Gasteiger partial charge is 0.272 e. The average molecular weight is 258 g/mol. The van der Waals surface area contributed by atoms with Crippen molar-refractivity contribution < 1.29 is 9.59 Å². The van der Waals surface area contributed by atoms with Crippen LogP contribution in [-0.4, -0.2) is 34.8 Å². The third-order valence-electron chi connectivity index (χ3n) is 3.47. The molecule has 0 aliphatic carbocycles. The van der Waals surface area contributed by atoms with Gasteiger partial charge in [0.05, 0.1) is 11.0 Å². The van der Waals surface area contributed by atoms with Gasteiger partial charge >= 0.3 is 0 Å². The second kappa shape index (κ2) is 4.69. The van der Waals surface area contributed by atoms with Gasteiger partial charge in [-0.3, -0.25) is 9.59 Å². The predicted molar refractivity (Wildman–Crippen MR) is 66.8 cm³/mol. The first kappa shape index (κ1) is 13.0. The summed E-state index contributed by atoms with van der Waals surface area (Å²) in [5, 5.41) is 8.67. The molecule has 0 spiro atoms. The highest BCUT2D eigenvalue weighted by Gasteiger charge is 2.40. The summed E-state index contributed by atoms with van der Waals surface area (Å²) < 4.78 is 0. The van der Waals surface area contributed by atoms with Gasteiger partial charge in [0.1, 0.15) is 11.8 Å². The fraction of sp³-hybridized carbons (Fsp3) is 0.385. The molecule has 2 heterocycles. The maximum atomic E-state index is 12.2. The van der Waals surface area contributed by atoms with Crippen LogP contribution in [-0.2, 0) is 4.79 Å². The largest absolute Gasteiger partial charge is 0.369 e. The van der Waals surface area contributed by atoms with Crippen LogP contribution < -0.4 is 5.73 Å². The van der Waals surface area contributed by atoms with Crippen LogP contribution in [0.15, 0.2) is 18.3 Å². The molecule has 2 amide bonds. The summed E-state index contributed by atoms with van der Waals surface area (Å²) in [6.07, 6.45) is 1.92. The van der Waals surface area contributed by atoms with Gasteiger partial charge in [-0.1, -0.05) is 0 Å². The number of hydrogen-bond acceptors (Lipinski definition) is 4. The maximum Gasteiger partial charge on any atom is 0.272 e. The fourth-order valence-corrected chi connectivity index (χ4v) is 2.08. The monoisotopic (exact) mass is 258 g/mol. The summed E-state index contributed by atoms with van der Waals surface area (Å²) in [4.78, 5) is 29.1. The fourth-order valence-electron chi connectivity index (χ4n) is 2.08. The number of aromatic nitrogens is 1. The van der Waals surface area contributed by atoms with Crippen LogP contribution >= 0.6 is 0 Å². The summed E-state index contributed by atoms with van der Waals surface area (Å²) >= 11 is 0. The van der Waals surface area contributed by atoms with Crippen LogP contribution in [0.1, 0.15) is 29.4 Å². The highest BCUT2D eigenvalue weighted by Crippen LogP contribution is 2.30. The minimum absolute atomic E-state index is 0.241. The minimum atomic E-state index is -0.664. The topological polar surface area (TPSA) is 100 Å². The number of likely N-dealkylation sites (tertiary alicyclic amines) is 1. The Hall–Kier alpha value is -2.42. The Bertz CT molecular complexity index is 561. The van der Waals surface area contributed by atoms with Crippen LogP contribution in [0.2, 0.25) is 0 Å². The zero-order valence-electron chi connectivity index (χ0n) is 10.6. The molecule has 1 aliphatic heterocycles. The molecule has 19 heavy (non-hydrogen) atoms. The molecule has 98 valence electrons. The summed E-state index contributed by atoms with van der Waals surface area (Å²) in [6.45, 7) is 2.55. The lowest BCUT2D eigenvalue weighted by molar-refractivity contribution is -0.126. The van der Waals surface area contributed by atoms with Crippen molar-refractivity contribution in [2.24, 2.45) is 11.1 Å². The van der Waals surface area contributed by atoms with E-state index in [0.29, 0.717) is 25.1 Å². The Kier molecular flexibility index (Phi) is 3.21. The lowest BCUT2D eigenvalue weighted by Crippen LogP contribution is -2.38. The predicted octanol–water partition coefficient (Wildman–Crippen LogP) is 0.291. The molecular formula is C13H14N4O2. The minimum Gasteiger partial charge on any atom is -0.369 e. The summed E-state index contributed by atoms with van der Waals surface area (Å²) in [5.41, 5.74) is 5.35. The lowest BCUT2D eigenvalue weighted by atomic mass is 9.89. The molecular weight excluding hydrogens is 244 g/mol. The molecule has 1 unspecified atom stereocenters. The van der Waals surface area contributed by atoms with Crippen LogP contribution in [0.5, 0.6) is 0 Å². The first-order valence-corrected chi connectivity index (χ1v) is 5.91. The van der Waals surface area contributed by atoms with E-state index >= 15 is 0 Å². The van der Waals surface area contributed by atoms with E-state index in [0.717, 1.165) is 0 Å². The van der Waals surface area contributed by atoms with Gasteiger partial charge in [0.15, 0.2) is 0 Å². The molecule has 1 aromatic heterocycles. The number of nitriles is 1. The van der Waals surface area contributed by atoms with Crippen molar-refractivity contribution in [1.82, 2.24) is 9.88 Å². The molecule has 0 aromatic carbocycles. The van der Waals surface area contributed by atoms with Gasteiger partial charge in [-0.2, -0.15) is 5.26 Å².